The van der Waals surface area contributed by atoms with Gasteiger partial charge in [0, 0.05) is 37.1 Å². The Hall–Kier alpha value is -2.34. The van der Waals surface area contributed by atoms with Gasteiger partial charge in [0.1, 0.15) is 6.04 Å². The molecule has 1 fully saturated rings. The number of nitrogens with one attached hydrogen (secondary N) is 2. The topological polar surface area (TPSA) is 85.4 Å². The van der Waals surface area contributed by atoms with Crippen molar-refractivity contribution in [2.45, 2.75) is 58.1 Å². The molecule has 4 atom stereocenters. The van der Waals surface area contributed by atoms with Crippen LogP contribution in [-0.4, -0.2) is 52.5 Å². The molecule has 2 amide bonds. The molecule has 29 heavy (non-hydrogen) atoms. The molecule has 158 valence electrons. The average molecular weight is 400 g/mol. The van der Waals surface area contributed by atoms with E-state index in [-0.39, 0.29) is 24.2 Å². The zero-order valence-electron chi connectivity index (χ0n) is 17.6. The average Bonchev–Trinajstić information content (AvgIpc) is 3.09. The molecule has 0 radical (unpaired) electrons. The molecule has 0 bridgehead atoms. The minimum absolute atomic E-state index is 0.0231. The molecular formula is C23H33N3O3. The fraction of sp³-hybridized carbons (Fsp3) is 0.565. The lowest BCUT2D eigenvalue weighted by Crippen LogP contribution is -2.49. The maximum absolute atomic E-state index is 13.1. The van der Waals surface area contributed by atoms with E-state index in [1.165, 1.54) is 0 Å². The van der Waals surface area contributed by atoms with Crippen molar-refractivity contribution in [1.29, 1.82) is 0 Å². The molecular weight excluding hydrogens is 366 g/mol. The first-order valence-corrected chi connectivity index (χ1v) is 10.6. The Bertz CT molecular complexity index is 847. The number of fused-ring (bicyclic) bond motifs is 1. The number of likely N-dealkylation sites (N-methyl/N-ethyl adjacent to an activating group) is 1. The summed E-state index contributed by atoms with van der Waals surface area (Å²) in [6.45, 7) is 4.83. The lowest BCUT2D eigenvalue weighted by Gasteiger charge is -2.25. The highest BCUT2D eigenvalue weighted by molar-refractivity contribution is 5.89. The number of hydrogen-bond acceptors (Lipinski definition) is 3. The SMILES string of the molecule is CC1CCCN(C)C(=O)[C@H](Cc2c[nH]c3ccccc23)NC(=O)C[C@@H](O)[C@H](C)C1. The molecule has 2 heterocycles. The number of carbonyl (C=O) groups excluding carboxylic acids is 2. The van der Waals surface area contributed by atoms with Gasteiger partial charge >= 0.3 is 0 Å². The second kappa shape index (κ2) is 9.44. The quantitative estimate of drug-likeness (QED) is 0.726. The van der Waals surface area contributed by atoms with E-state index in [1.807, 2.05) is 37.4 Å². The van der Waals surface area contributed by atoms with Crippen molar-refractivity contribution in [3.05, 3.63) is 36.0 Å². The van der Waals surface area contributed by atoms with Crippen molar-refractivity contribution in [2.24, 2.45) is 11.8 Å². The molecule has 1 aromatic carbocycles. The summed E-state index contributed by atoms with van der Waals surface area (Å²) in [7, 11) is 1.80. The van der Waals surface area contributed by atoms with Gasteiger partial charge in [0.25, 0.3) is 0 Å². The van der Waals surface area contributed by atoms with Crippen LogP contribution in [0, 0.1) is 11.8 Å². The predicted molar refractivity (Wildman–Crippen MR) is 114 cm³/mol. The predicted octanol–water partition coefficient (Wildman–Crippen LogP) is 2.86. The summed E-state index contributed by atoms with van der Waals surface area (Å²) >= 11 is 0. The number of rotatable bonds is 2. The van der Waals surface area contributed by atoms with Crippen LogP contribution in [0.2, 0.25) is 0 Å². The van der Waals surface area contributed by atoms with E-state index >= 15 is 0 Å². The van der Waals surface area contributed by atoms with Crippen LogP contribution in [0.25, 0.3) is 10.9 Å². The smallest absolute Gasteiger partial charge is 0.245 e. The van der Waals surface area contributed by atoms with Crippen LogP contribution in [0.3, 0.4) is 0 Å². The molecule has 6 nitrogen and oxygen atoms in total. The lowest BCUT2D eigenvalue weighted by atomic mass is 9.89. The molecule has 1 aliphatic heterocycles. The van der Waals surface area contributed by atoms with E-state index in [1.54, 1.807) is 11.9 Å². The van der Waals surface area contributed by atoms with Crippen LogP contribution in [-0.2, 0) is 16.0 Å². The first kappa shape index (κ1) is 21.4. The number of nitrogens with zero attached hydrogens (tertiary/aromatic N) is 1. The van der Waals surface area contributed by atoms with Crippen LogP contribution < -0.4 is 5.32 Å². The van der Waals surface area contributed by atoms with Gasteiger partial charge in [0.05, 0.1) is 12.5 Å². The zero-order valence-corrected chi connectivity index (χ0v) is 17.6. The summed E-state index contributed by atoms with van der Waals surface area (Å²) in [5.74, 6) is 0.145. The fourth-order valence-corrected chi connectivity index (χ4v) is 4.33. The second-order valence-corrected chi connectivity index (χ2v) is 8.68. The fourth-order valence-electron chi connectivity index (χ4n) is 4.33. The van der Waals surface area contributed by atoms with Crippen molar-refractivity contribution < 1.29 is 14.7 Å². The molecule has 3 N–H and O–H groups in total. The van der Waals surface area contributed by atoms with Crippen LogP contribution in [0.15, 0.2) is 30.5 Å². The van der Waals surface area contributed by atoms with E-state index < -0.39 is 12.1 Å². The number of carbonyl (C=O) groups is 2. The molecule has 0 spiro atoms. The number of hydrogen-bond donors (Lipinski definition) is 3. The Morgan fingerprint density at radius 2 is 1.97 bits per heavy atom. The van der Waals surface area contributed by atoms with Gasteiger partial charge in [-0.3, -0.25) is 9.59 Å². The second-order valence-electron chi connectivity index (χ2n) is 8.68. The number of para-hydroxylation sites is 1. The molecule has 0 saturated carbocycles. The molecule has 1 saturated heterocycles. The minimum atomic E-state index is -0.695. The molecule has 2 aromatic rings. The number of amides is 2. The van der Waals surface area contributed by atoms with Crippen molar-refractivity contribution >= 4 is 22.7 Å². The number of aromatic nitrogens is 1. The molecule has 6 heteroatoms. The van der Waals surface area contributed by atoms with Crippen LogP contribution in [0.5, 0.6) is 0 Å². The number of H-pyrrole nitrogens is 1. The molecule has 1 aliphatic rings. The Morgan fingerprint density at radius 1 is 1.21 bits per heavy atom. The van der Waals surface area contributed by atoms with Crippen molar-refractivity contribution in [3.8, 4) is 0 Å². The monoisotopic (exact) mass is 399 g/mol. The number of aliphatic hydroxyl groups is 1. The van der Waals surface area contributed by atoms with Crippen molar-refractivity contribution in [2.75, 3.05) is 13.6 Å². The molecule has 3 rings (SSSR count). The van der Waals surface area contributed by atoms with E-state index in [4.69, 9.17) is 0 Å². The summed E-state index contributed by atoms with van der Waals surface area (Å²) in [4.78, 5) is 30.7. The molecule has 0 aliphatic carbocycles. The lowest BCUT2D eigenvalue weighted by molar-refractivity contribution is -0.136. The Balaban J connectivity index is 1.82. The summed E-state index contributed by atoms with van der Waals surface area (Å²) in [5.41, 5.74) is 2.01. The van der Waals surface area contributed by atoms with Gasteiger partial charge < -0.3 is 20.3 Å². The number of aromatic amines is 1. The van der Waals surface area contributed by atoms with E-state index in [0.717, 1.165) is 35.7 Å². The van der Waals surface area contributed by atoms with Gasteiger partial charge in [-0.1, -0.05) is 32.0 Å². The third-order valence-corrected chi connectivity index (χ3v) is 6.12. The summed E-state index contributed by atoms with van der Waals surface area (Å²) < 4.78 is 0. The summed E-state index contributed by atoms with van der Waals surface area (Å²) in [6.07, 6.45) is 4.45. The van der Waals surface area contributed by atoms with Crippen LogP contribution >= 0.6 is 0 Å². The van der Waals surface area contributed by atoms with Crippen molar-refractivity contribution in [1.82, 2.24) is 15.2 Å². The van der Waals surface area contributed by atoms with Gasteiger partial charge in [-0.25, -0.2) is 0 Å². The van der Waals surface area contributed by atoms with Gasteiger partial charge in [0.15, 0.2) is 0 Å². The van der Waals surface area contributed by atoms with E-state index in [0.29, 0.717) is 18.9 Å². The third-order valence-electron chi connectivity index (χ3n) is 6.12. The van der Waals surface area contributed by atoms with Gasteiger partial charge in [0.2, 0.25) is 11.8 Å². The van der Waals surface area contributed by atoms with Gasteiger partial charge in [-0.05, 0) is 42.7 Å². The summed E-state index contributed by atoms with van der Waals surface area (Å²) in [5, 5.41) is 14.4. The van der Waals surface area contributed by atoms with E-state index in [2.05, 4.69) is 17.2 Å². The van der Waals surface area contributed by atoms with Crippen molar-refractivity contribution in [3.63, 3.8) is 0 Å². The van der Waals surface area contributed by atoms with Crippen LogP contribution in [0.4, 0.5) is 0 Å². The Labute approximate surface area is 172 Å². The standard InChI is InChI=1S/C23H33N3O3/c1-15-7-6-10-26(3)23(29)20(25-22(28)13-21(27)16(2)11-15)12-17-14-24-19-9-5-4-8-18(17)19/h4-5,8-9,14-16,20-21,24,27H,6-7,10-13H2,1-3H3,(H,25,28)/t15?,16-,20+,21-/m1/s1. The summed E-state index contributed by atoms with van der Waals surface area (Å²) in [6, 6.07) is 7.30. The van der Waals surface area contributed by atoms with Crippen LogP contribution in [0.1, 0.15) is 45.1 Å². The Morgan fingerprint density at radius 3 is 2.76 bits per heavy atom. The third kappa shape index (κ3) is 5.38. The zero-order chi connectivity index (χ0) is 21.0. The Kier molecular flexibility index (Phi) is 6.96. The van der Waals surface area contributed by atoms with Gasteiger partial charge in [-0.15, -0.1) is 0 Å². The largest absolute Gasteiger partial charge is 0.392 e. The number of benzene rings is 1. The normalized spacial score (nSPS) is 27.8. The molecule has 1 unspecified atom stereocenters. The first-order chi connectivity index (χ1) is 13.8. The highest BCUT2D eigenvalue weighted by Crippen LogP contribution is 2.23. The molecule has 1 aromatic heterocycles. The minimum Gasteiger partial charge on any atom is -0.392 e. The highest BCUT2D eigenvalue weighted by Gasteiger charge is 2.28. The number of aliphatic hydroxyl groups excluding tert-OH is 1. The maximum Gasteiger partial charge on any atom is 0.245 e. The first-order valence-electron chi connectivity index (χ1n) is 10.6. The van der Waals surface area contributed by atoms with E-state index in [9.17, 15) is 14.7 Å². The maximum atomic E-state index is 13.1. The highest BCUT2D eigenvalue weighted by atomic mass is 16.3. The van der Waals surface area contributed by atoms with Gasteiger partial charge in [-0.2, -0.15) is 0 Å².